The number of carboxylic acids is 1. The third-order valence-electron chi connectivity index (χ3n) is 6.03. The van der Waals surface area contributed by atoms with Crippen LogP contribution in [0.3, 0.4) is 0 Å². The number of hydrogen-bond donors (Lipinski definition) is 6. The van der Waals surface area contributed by atoms with Crippen LogP contribution < -0.4 is 27.3 Å². The minimum Gasteiger partial charge on any atom is -0.489 e. The highest BCUT2D eigenvalue weighted by Crippen LogP contribution is 2.38. The number of nitrogens with zero attached hydrogens (tertiary/aromatic N) is 4. The van der Waals surface area contributed by atoms with Crippen molar-refractivity contribution in [2.24, 2.45) is 21.6 Å². The third-order valence-corrected chi connectivity index (χ3v) is 8.07. The van der Waals surface area contributed by atoms with Gasteiger partial charge in [0.2, 0.25) is 0 Å². The molecule has 246 valence electrons. The van der Waals surface area contributed by atoms with Gasteiger partial charge in [-0.1, -0.05) is 16.5 Å². The zero-order valence-electron chi connectivity index (χ0n) is 23.3. The number of amides is 2. The number of nitrogen functional groups attached to an aromatic ring is 1. The number of carbonyl (C=O) groups excluding carboxylic acids is 2. The normalized spacial score (nSPS) is 17.8. The van der Waals surface area contributed by atoms with E-state index in [0.717, 1.165) is 13.8 Å². The summed E-state index contributed by atoms with van der Waals surface area (Å²) < 4.78 is 79.1. The molecule has 2 heterocycles. The molecule has 2 aromatic rings. The first-order valence-corrected chi connectivity index (χ1v) is 14.7. The number of benzene rings is 1. The van der Waals surface area contributed by atoms with Gasteiger partial charge in [-0.05, 0) is 38.1 Å². The van der Waals surface area contributed by atoms with Crippen LogP contribution in [0.2, 0.25) is 0 Å². The molecule has 3 rings (SSSR count). The van der Waals surface area contributed by atoms with E-state index in [1.807, 2.05) is 5.32 Å². The van der Waals surface area contributed by atoms with Gasteiger partial charge < -0.3 is 37.2 Å². The number of carbonyl (C=O) groups is 3. The monoisotopic (exact) mass is 680 g/mol. The molecule has 2 atom stereocenters. The summed E-state index contributed by atoms with van der Waals surface area (Å²) in [4.78, 5) is 48.4. The average molecular weight is 681 g/mol. The predicted octanol–water partition coefficient (Wildman–Crippen LogP) is -0.431. The Balaban J connectivity index is 1.89. The maximum atomic E-state index is 13.8. The Hall–Kier alpha value is -4.54. The van der Waals surface area contributed by atoms with Crippen molar-refractivity contribution in [3.63, 3.8) is 0 Å². The Kier molecular flexibility index (Phi) is 10.3. The van der Waals surface area contributed by atoms with Gasteiger partial charge >= 0.3 is 22.4 Å². The first kappa shape index (κ1) is 34.9. The van der Waals surface area contributed by atoms with Gasteiger partial charge in [0.05, 0.1) is 12.1 Å². The summed E-state index contributed by atoms with van der Waals surface area (Å²) in [6.07, 6.45) is -7.11. The largest absolute Gasteiger partial charge is 0.489 e. The lowest BCUT2D eigenvalue weighted by atomic mass is 9.85. The number of hydrogen-bond acceptors (Lipinski definition) is 13. The second-order valence-corrected chi connectivity index (χ2v) is 11.9. The van der Waals surface area contributed by atoms with E-state index in [9.17, 15) is 45.6 Å². The summed E-state index contributed by atoms with van der Waals surface area (Å²) in [7, 11) is -5.05. The molecule has 1 aliphatic rings. The minimum atomic E-state index is -5.11. The van der Waals surface area contributed by atoms with E-state index in [4.69, 9.17) is 26.8 Å². The van der Waals surface area contributed by atoms with Gasteiger partial charge in [-0.15, -0.1) is 0 Å². The van der Waals surface area contributed by atoms with E-state index in [0.29, 0.717) is 5.56 Å². The third kappa shape index (κ3) is 7.95. The van der Waals surface area contributed by atoms with Crippen LogP contribution >= 0.6 is 11.3 Å². The van der Waals surface area contributed by atoms with E-state index in [2.05, 4.69) is 15.1 Å². The molecule has 1 saturated heterocycles. The van der Waals surface area contributed by atoms with Crippen molar-refractivity contribution in [3.05, 3.63) is 40.4 Å². The maximum absolute atomic E-state index is 13.8. The summed E-state index contributed by atoms with van der Waals surface area (Å²) >= 11 is -0.0616. The average Bonchev–Trinajstić information content (AvgIpc) is 3.33. The van der Waals surface area contributed by atoms with Gasteiger partial charge in [-0.3, -0.25) is 19.1 Å². The van der Waals surface area contributed by atoms with Crippen molar-refractivity contribution >= 4 is 56.1 Å². The zero-order valence-corrected chi connectivity index (χ0v) is 24.9. The van der Waals surface area contributed by atoms with Crippen LogP contribution in [-0.2, 0) is 35.7 Å². The van der Waals surface area contributed by atoms with Crippen molar-refractivity contribution in [2.75, 3.05) is 25.4 Å². The number of ether oxygens (including phenoxy) is 1. The molecule has 0 bridgehead atoms. The maximum Gasteiger partial charge on any atom is 0.427 e. The molecule has 9 N–H and O–H groups in total. The number of rotatable bonds is 13. The molecule has 1 aromatic heterocycles. The van der Waals surface area contributed by atoms with Gasteiger partial charge in [-0.25, -0.2) is 14.1 Å². The second kappa shape index (κ2) is 13.2. The fraction of sp³-hybridized carbons (Fsp3) is 0.391. The number of aromatic nitrogens is 1. The van der Waals surface area contributed by atoms with Crippen molar-refractivity contribution < 1.29 is 55.2 Å². The fourth-order valence-corrected chi connectivity index (χ4v) is 5.65. The van der Waals surface area contributed by atoms with Gasteiger partial charge in [-0.2, -0.15) is 21.6 Å². The molecule has 1 aliphatic heterocycles. The number of oxime groups is 1. The Labute approximate surface area is 256 Å². The lowest BCUT2D eigenvalue weighted by molar-refractivity contribution is -0.152. The van der Waals surface area contributed by atoms with Crippen molar-refractivity contribution in [1.29, 1.82) is 0 Å². The van der Waals surface area contributed by atoms with Gasteiger partial charge in [0.25, 0.3) is 17.9 Å². The summed E-state index contributed by atoms with van der Waals surface area (Å²) in [5.41, 5.74) is 13.0. The van der Waals surface area contributed by atoms with Crippen LogP contribution in [-0.4, -0.2) is 94.1 Å². The minimum absolute atomic E-state index is 0.0475. The van der Waals surface area contributed by atoms with E-state index in [1.54, 1.807) is 0 Å². The van der Waals surface area contributed by atoms with Crippen molar-refractivity contribution in [2.45, 2.75) is 37.7 Å². The topological polar surface area (TPSA) is 275 Å². The lowest BCUT2D eigenvalue weighted by Crippen LogP contribution is -2.77. The Bertz CT molecular complexity index is 1630. The molecule has 1 fully saturated rings. The number of alkyl halides is 3. The number of amidine groups is 1. The number of thiazole rings is 1. The Morgan fingerprint density at radius 3 is 2.40 bits per heavy atom. The first-order chi connectivity index (χ1) is 20.8. The Morgan fingerprint density at radius 2 is 1.89 bits per heavy atom. The highest BCUT2D eigenvalue weighted by molar-refractivity contribution is 7.84. The zero-order chi connectivity index (χ0) is 33.9. The first-order valence-electron chi connectivity index (χ1n) is 12.4. The molecule has 45 heavy (non-hydrogen) atoms. The Morgan fingerprint density at radius 1 is 1.27 bits per heavy atom. The van der Waals surface area contributed by atoms with Gasteiger partial charge in [0.15, 0.2) is 10.8 Å². The summed E-state index contributed by atoms with van der Waals surface area (Å²) in [5.74, 6) is -4.23. The van der Waals surface area contributed by atoms with E-state index < -0.39 is 80.0 Å². The number of nitrogens with one attached hydrogen (secondary N) is 1. The number of halogens is 3. The molecule has 22 heteroatoms. The smallest absolute Gasteiger partial charge is 0.427 e. The highest BCUT2D eigenvalue weighted by Gasteiger charge is 2.60. The number of aliphatic imine (C=N–C) groups is 1. The fourth-order valence-electron chi connectivity index (χ4n) is 3.92. The number of anilines is 1. The number of nitrogens with two attached hydrogens (primary N) is 3. The van der Waals surface area contributed by atoms with Crippen molar-refractivity contribution in [1.82, 2.24) is 14.6 Å². The molecule has 1 aromatic carbocycles. The molecule has 0 spiro atoms. The van der Waals surface area contributed by atoms with Crippen LogP contribution in [0.4, 0.5) is 18.3 Å². The summed E-state index contributed by atoms with van der Waals surface area (Å²) in [6.45, 7) is 2.08. The second-order valence-electron chi connectivity index (χ2n) is 9.63. The molecule has 2 amide bonds. The predicted molar refractivity (Wildman–Crippen MR) is 152 cm³/mol. The molecule has 0 saturated carbocycles. The van der Waals surface area contributed by atoms with Crippen LogP contribution in [0.25, 0.3) is 0 Å². The van der Waals surface area contributed by atoms with Gasteiger partial charge in [0.1, 0.15) is 34.8 Å². The number of β-lactam (4-membered cyclic amide) rings is 1. The summed E-state index contributed by atoms with van der Waals surface area (Å²) in [6, 6.07) is 4.18. The molecule has 17 nitrogen and oxygen atoms in total. The molecule has 1 unspecified atom stereocenters. The number of aliphatic carboxylic acids is 1. The summed E-state index contributed by atoms with van der Waals surface area (Å²) in [5, 5.41) is 14.3. The van der Waals surface area contributed by atoms with E-state index in [1.165, 1.54) is 24.3 Å². The number of carboxylic acid groups (broad SMARTS) is 1. The van der Waals surface area contributed by atoms with E-state index >= 15 is 0 Å². The van der Waals surface area contributed by atoms with Gasteiger partial charge in [0, 0.05) is 12.1 Å². The standard InChI is InChI=1S/C23H27F3N8O9S2/c1-22(2)15(19(36)34(22)45(39,40)41)32-18(35)14(13-16(23(24,25)26)44-21(29)31-13)33-43-12(20(37)38)9-42-11-5-3-10(4-6-11)17(28)30-8-7-27/h3-6,12,15H,7-9,27H2,1-2H3,(H2,28,30)(H2,29,31)(H,32,35)(H,37,38)(H,39,40,41)/b33-14-/t12?,15-/m1/s1. The van der Waals surface area contributed by atoms with Crippen molar-refractivity contribution in [3.8, 4) is 5.75 Å². The van der Waals surface area contributed by atoms with Crippen LogP contribution in [0, 0.1) is 0 Å². The molecule has 0 radical (unpaired) electrons. The SMILES string of the molecule is CC1(C)[C@H](NC(=O)/C(=N\OC(COc2ccc(C(N)=NCCN)cc2)C(=O)O)c2nc(N)sc2C(F)(F)F)C(=O)N1S(=O)(=O)O. The van der Waals surface area contributed by atoms with Crippen LogP contribution in [0.5, 0.6) is 5.75 Å². The van der Waals surface area contributed by atoms with Crippen LogP contribution in [0.15, 0.2) is 34.4 Å². The lowest BCUT2D eigenvalue weighted by Gasteiger charge is -2.50. The van der Waals surface area contributed by atoms with Crippen LogP contribution in [0.1, 0.15) is 30.0 Å². The molecular formula is C23H27F3N8O9S2. The molecular weight excluding hydrogens is 653 g/mol. The highest BCUT2D eigenvalue weighted by atomic mass is 32.2. The molecule has 0 aliphatic carbocycles. The quantitative estimate of drug-likeness (QED) is 0.0516. The van der Waals surface area contributed by atoms with E-state index in [-0.39, 0.29) is 40.3 Å².